The second-order valence-corrected chi connectivity index (χ2v) is 10.5. The van der Waals surface area contributed by atoms with E-state index in [1.807, 2.05) is 11.8 Å². The molecule has 0 saturated carbocycles. The lowest BCUT2D eigenvalue weighted by molar-refractivity contribution is -0.136. The normalized spacial score (nSPS) is 18.1. The van der Waals surface area contributed by atoms with Gasteiger partial charge in [-0.25, -0.2) is 0 Å². The number of primary amides is 1. The van der Waals surface area contributed by atoms with Crippen molar-refractivity contribution >= 4 is 40.7 Å². The summed E-state index contributed by atoms with van der Waals surface area (Å²) in [6.07, 6.45) is 3.42. The van der Waals surface area contributed by atoms with Crippen molar-refractivity contribution < 1.29 is 19.5 Å². The van der Waals surface area contributed by atoms with Gasteiger partial charge in [0.05, 0.1) is 17.0 Å². The number of nitrogens with two attached hydrogens (primary N) is 1. The van der Waals surface area contributed by atoms with Crippen LogP contribution in [0.2, 0.25) is 5.02 Å². The molecule has 36 heavy (non-hydrogen) atoms. The van der Waals surface area contributed by atoms with Crippen LogP contribution in [0.5, 0.6) is 0 Å². The van der Waals surface area contributed by atoms with Gasteiger partial charge in [0, 0.05) is 48.7 Å². The number of amides is 3. The second-order valence-electron chi connectivity index (χ2n) is 10.1. The molecule has 2 aliphatic rings. The summed E-state index contributed by atoms with van der Waals surface area (Å²) in [7, 11) is 0. The predicted molar refractivity (Wildman–Crippen MR) is 140 cm³/mol. The van der Waals surface area contributed by atoms with Gasteiger partial charge in [-0.3, -0.25) is 14.4 Å². The molecule has 0 aliphatic carbocycles. The van der Waals surface area contributed by atoms with Crippen molar-refractivity contribution in [2.45, 2.75) is 44.6 Å². The third kappa shape index (κ3) is 6.36. The maximum atomic E-state index is 12.9. The van der Waals surface area contributed by atoms with Crippen molar-refractivity contribution in [3.63, 3.8) is 0 Å². The Morgan fingerprint density at radius 3 is 2.39 bits per heavy atom. The molecule has 2 heterocycles. The van der Waals surface area contributed by atoms with Gasteiger partial charge in [0.25, 0.3) is 5.91 Å². The average molecular weight is 513 g/mol. The number of hydrogen-bond acceptors (Lipinski definition) is 5. The number of rotatable bonds is 6. The van der Waals surface area contributed by atoms with E-state index in [1.54, 1.807) is 42.5 Å². The quantitative estimate of drug-likeness (QED) is 0.546. The molecule has 4 N–H and O–H groups in total. The molecule has 2 fully saturated rings. The maximum Gasteiger partial charge on any atom is 0.255 e. The summed E-state index contributed by atoms with van der Waals surface area (Å²) in [5.41, 5.74) is 6.83. The molecule has 192 valence electrons. The molecule has 2 aliphatic heterocycles. The minimum Gasteiger partial charge on any atom is -0.390 e. The van der Waals surface area contributed by atoms with Crippen LogP contribution in [0.4, 0.5) is 11.4 Å². The lowest BCUT2D eigenvalue weighted by atomic mass is 9.90. The fourth-order valence-electron chi connectivity index (χ4n) is 4.88. The molecule has 8 nitrogen and oxygen atoms in total. The molecule has 0 atom stereocenters. The van der Waals surface area contributed by atoms with Crippen LogP contribution in [0.25, 0.3) is 0 Å². The Morgan fingerprint density at radius 1 is 1.06 bits per heavy atom. The first-order valence-electron chi connectivity index (χ1n) is 12.4. The summed E-state index contributed by atoms with van der Waals surface area (Å²) in [4.78, 5) is 41.5. The minimum atomic E-state index is -0.675. The van der Waals surface area contributed by atoms with Crippen molar-refractivity contribution in [2.24, 2.45) is 11.7 Å². The Hall–Kier alpha value is -3.10. The second kappa shape index (κ2) is 10.9. The molecule has 3 amide bonds. The van der Waals surface area contributed by atoms with Crippen LogP contribution in [-0.2, 0) is 4.79 Å². The zero-order valence-corrected chi connectivity index (χ0v) is 21.3. The van der Waals surface area contributed by atoms with E-state index in [0.29, 0.717) is 54.2 Å². The molecule has 4 rings (SSSR count). The van der Waals surface area contributed by atoms with Crippen LogP contribution < -0.4 is 16.0 Å². The lowest BCUT2D eigenvalue weighted by Crippen LogP contribution is -2.46. The third-order valence-electron chi connectivity index (χ3n) is 7.23. The first-order chi connectivity index (χ1) is 17.1. The summed E-state index contributed by atoms with van der Waals surface area (Å²) in [6.45, 7) is 4.48. The zero-order valence-electron chi connectivity index (χ0n) is 20.5. The summed E-state index contributed by atoms with van der Waals surface area (Å²) in [5, 5.41) is 13.5. The van der Waals surface area contributed by atoms with E-state index in [9.17, 15) is 19.5 Å². The van der Waals surface area contributed by atoms with Gasteiger partial charge in [-0.15, -0.1) is 0 Å². The smallest absolute Gasteiger partial charge is 0.255 e. The Bertz CT molecular complexity index is 1130. The number of carbonyl (C=O) groups is 3. The monoisotopic (exact) mass is 512 g/mol. The summed E-state index contributed by atoms with van der Waals surface area (Å²) < 4.78 is 0. The highest BCUT2D eigenvalue weighted by molar-refractivity contribution is 6.31. The topological polar surface area (TPSA) is 116 Å². The van der Waals surface area contributed by atoms with Gasteiger partial charge >= 0.3 is 0 Å². The Morgan fingerprint density at radius 2 is 1.75 bits per heavy atom. The Kier molecular flexibility index (Phi) is 7.85. The van der Waals surface area contributed by atoms with E-state index >= 15 is 0 Å². The molecule has 9 heteroatoms. The highest BCUT2D eigenvalue weighted by atomic mass is 35.5. The molecular formula is C27H33ClN4O4. The van der Waals surface area contributed by atoms with Gasteiger partial charge < -0.3 is 26.0 Å². The highest BCUT2D eigenvalue weighted by Gasteiger charge is 2.31. The van der Waals surface area contributed by atoms with E-state index < -0.39 is 11.5 Å². The number of aliphatic hydroxyl groups is 1. The fraction of sp³-hybridized carbons (Fsp3) is 0.444. The number of nitrogens with zero attached hydrogens (tertiary/aromatic N) is 2. The maximum absolute atomic E-state index is 12.9. The summed E-state index contributed by atoms with van der Waals surface area (Å²) >= 11 is 6.04. The number of benzene rings is 2. The number of anilines is 2. The standard InChI is InChI=1S/C27H33ClN4O4/c1-27(36)9-13-32(14-10-27)24(33)15-18-7-11-31(12-8-18)23-6-5-19(25(29)34)17-22(23)30-26(35)20-3-2-4-21(28)16-20/h2-6,16-18,36H,7-15H2,1H3,(H2,29,34)(H,30,35). The molecule has 0 unspecified atom stereocenters. The Balaban J connectivity index is 1.41. The highest BCUT2D eigenvalue weighted by Crippen LogP contribution is 2.33. The van der Waals surface area contributed by atoms with Crippen molar-refractivity contribution in [1.29, 1.82) is 0 Å². The molecule has 0 bridgehead atoms. The molecule has 0 spiro atoms. The van der Waals surface area contributed by atoms with Crippen LogP contribution in [0.3, 0.4) is 0 Å². The first kappa shape index (κ1) is 26.0. The van der Waals surface area contributed by atoms with E-state index in [2.05, 4.69) is 10.2 Å². The van der Waals surface area contributed by atoms with Gasteiger partial charge in [0.1, 0.15) is 0 Å². The third-order valence-corrected chi connectivity index (χ3v) is 7.46. The molecule has 0 radical (unpaired) electrons. The Labute approximate surface area is 216 Å². The van der Waals surface area contributed by atoms with E-state index in [4.69, 9.17) is 17.3 Å². The number of likely N-dealkylation sites (tertiary alicyclic amines) is 1. The number of hydrogen-bond donors (Lipinski definition) is 3. The average Bonchev–Trinajstić information content (AvgIpc) is 2.84. The molecule has 2 saturated heterocycles. The first-order valence-corrected chi connectivity index (χ1v) is 12.7. The van der Waals surface area contributed by atoms with Crippen molar-refractivity contribution in [3.05, 3.63) is 58.6 Å². The van der Waals surface area contributed by atoms with Gasteiger partial charge in [0.15, 0.2) is 0 Å². The van der Waals surface area contributed by atoms with E-state index in [-0.39, 0.29) is 17.7 Å². The number of carbonyl (C=O) groups excluding carboxylic acids is 3. The van der Waals surface area contributed by atoms with Gasteiger partial charge in [-0.2, -0.15) is 0 Å². The van der Waals surface area contributed by atoms with Gasteiger partial charge in [0.2, 0.25) is 11.8 Å². The number of nitrogens with one attached hydrogen (secondary N) is 1. The zero-order chi connectivity index (χ0) is 25.9. The summed E-state index contributed by atoms with van der Waals surface area (Å²) in [6, 6.07) is 11.7. The molecule has 2 aromatic rings. The fourth-order valence-corrected chi connectivity index (χ4v) is 5.07. The van der Waals surface area contributed by atoms with Crippen molar-refractivity contribution in [2.75, 3.05) is 36.4 Å². The van der Waals surface area contributed by atoms with Crippen LogP contribution in [0.1, 0.15) is 59.7 Å². The predicted octanol–water partition coefficient (Wildman–Crippen LogP) is 3.67. The molecule has 2 aromatic carbocycles. The SMILES string of the molecule is CC1(O)CCN(C(=O)CC2CCN(c3ccc(C(N)=O)cc3NC(=O)c3cccc(Cl)c3)CC2)CC1. The van der Waals surface area contributed by atoms with Crippen LogP contribution >= 0.6 is 11.6 Å². The summed E-state index contributed by atoms with van der Waals surface area (Å²) in [5.74, 6) is -0.465. The van der Waals surface area contributed by atoms with Crippen LogP contribution in [-0.4, -0.2) is 59.5 Å². The van der Waals surface area contributed by atoms with E-state index in [1.165, 1.54) is 0 Å². The molecule has 0 aromatic heterocycles. The van der Waals surface area contributed by atoms with Crippen molar-refractivity contribution in [1.82, 2.24) is 4.90 Å². The number of halogens is 1. The van der Waals surface area contributed by atoms with Gasteiger partial charge in [-0.1, -0.05) is 17.7 Å². The minimum absolute atomic E-state index is 0.157. The lowest BCUT2D eigenvalue weighted by Gasteiger charge is -2.38. The van der Waals surface area contributed by atoms with Crippen LogP contribution in [0.15, 0.2) is 42.5 Å². The van der Waals surface area contributed by atoms with Gasteiger partial charge in [-0.05, 0) is 74.9 Å². The van der Waals surface area contributed by atoms with E-state index in [0.717, 1.165) is 31.6 Å². The van der Waals surface area contributed by atoms with Crippen LogP contribution in [0, 0.1) is 5.92 Å². The number of piperidine rings is 2. The van der Waals surface area contributed by atoms with Crippen molar-refractivity contribution in [3.8, 4) is 0 Å². The largest absolute Gasteiger partial charge is 0.390 e. The molecular weight excluding hydrogens is 480 g/mol.